The van der Waals surface area contributed by atoms with Gasteiger partial charge in [-0.2, -0.15) is 0 Å². The van der Waals surface area contributed by atoms with Crippen molar-refractivity contribution in [3.05, 3.63) is 224 Å². The van der Waals surface area contributed by atoms with E-state index in [1.54, 1.807) is 0 Å². The molecule has 0 saturated heterocycles. The molecular formula is C60H39NO. The number of hydrogen-bond acceptors (Lipinski definition) is 2. The second kappa shape index (κ2) is 14.6. The lowest BCUT2D eigenvalue weighted by atomic mass is 9.86. The van der Waals surface area contributed by atoms with E-state index in [2.05, 4.69) is 219 Å². The highest BCUT2D eigenvalue weighted by atomic mass is 16.3. The molecule has 0 radical (unpaired) electrons. The molecule has 2 heterocycles. The molecule has 0 unspecified atom stereocenters. The number of rotatable bonds is 6. The minimum atomic E-state index is 0.836. The van der Waals surface area contributed by atoms with E-state index in [4.69, 9.17) is 9.40 Å². The lowest BCUT2D eigenvalue weighted by molar-refractivity contribution is 0.669. The number of aromatic nitrogens is 1. The van der Waals surface area contributed by atoms with E-state index in [0.29, 0.717) is 0 Å². The predicted molar refractivity (Wildman–Crippen MR) is 261 cm³/mol. The molecule has 2 nitrogen and oxygen atoms in total. The van der Waals surface area contributed by atoms with Gasteiger partial charge in [0.1, 0.15) is 11.2 Å². The first-order valence-electron chi connectivity index (χ1n) is 21.3. The summed E-state index contributed by atoms with van der Waals surface area (Å²) in [6.07, 6.45) is 0. The monoisotopic (exact) mass is 789 g/mol. The summed E-state index contributed by atoms with van der Waals surface area (Å²) >= 11 is 0. The Hall–Kier alpha value is -8.07. The molecule has 62 heavy (non-hydrogen) atoms. The summed E-state index contributed by atoms with van der Waals surface area (Å²) in [6, 6.07) is 78.6. The van der Waals surface area contributed by atoms with Gasteiger partial charge in [-0.05, 0) is 120 Å². The van der Waals surface area contributed by atoms with Crippen LogP contribution < -0.4 is 0 Å². The van der Waals surface area contributed by atoms with E-state index in [9.17, 15) is 0 Å². The molecule has 10 aromatic carbocycles. The molecule has 290 valence electrons. The SMILES string of the molecule is Cc1c(-c2ccccc2)cc(-c2ccccc2)nc1-c1cc(-c2ccccc2-c2ccccc2-c2ccc3c4ccccc4c4ccccc4c3c2)c2c(c1)oc1ccccc12. The van der Waals surface area contributed by atoms with Crippen molar-refractivity contribution in [2.45, 2.75) is 6.92 Å². The van der Waals surface area contributed by atoms with Gasteiger partial charge < -0.3 is 4.42 Å². The van der Waals surface area contributed by atoms with Crippen LogP contribution in [0, 0.1) is 6.92 Å². The van der Waals surface area contributed by atoms with E-state index >= 15 is 0 Å². The Bertz CT molecular complexity index is 3660. The number of benzene rings is 10. The number of fused-ring (bicyclic) bond motifs is 9. The summed E-state index contributed by atoms with van der Waals surface area (Å²) in [6.45, 7) is 2.20. The zero-order valence-corrected chi connectivity index (χ0v) is 34.1. The number of nitrogens with zero attached hydrogens (tertiary/aromatic N) is 1. The van der Waals surface area contributed by atoms with Crippen molar-refractivity contribution in [3.8, 4) is 67.0 Å². The zero-order chi connectivity index (χ0) is 41.1. The lowest BCUT2D eigenvalue weighted by Gasteiger charge is -2.18. The Morgan fingerprint density at radius 3 is 1.47 bits per heavy atom. The van der Waals surface area contributed by atoms with Crippen LogP contribution in [0.15, 0.2) is 223 Å². The molecule has 0 bridgehead atoms. The van der Waals surface area contributed by atoms with Gasteiger partial charge in [0, 0.05) is 21.9 Å². The molecule has 0 amide bonds. The van der Waals surface area contributed by atoms with Crippen LogP contribution in [0.1, 0.15) is 5.56 Å². The molecule has 0 fully saturated rings. The van der Waals surface area contributed by atoms with Gasteiger partial charge in [0.2, 0.25) is 0 Å². The van der Waals surface area contributed by atoms with Gasteiger partial charge in [0.15, 0.2) is 0 Å². The Morgan fingerprint density at radius 1 is 0.306 bits per heavy atom. The van der Waals surface area contributed by atoms with Gasteiger partial charge in [0.05, 0.1) is 11.4 Å². The van der Waals surface area contributed by atoms with Crippen LogP contribution >= 0.6 is 0 Å². The summed E-state index contributed by atoms with van der Waals surface area (Å²) < 4.78 is 6.76. The maximum absolute atomic E-state index is 6.76. The highest BCUT2D eigenvalue weighted by Gasteiger charge is 2.22. The molecule has 2 aromatic heterocycles. The largest absolute Gasteiger partial charge is 0.456 e. The van der Waals surface area contributed by atoms with E-state index in [1.165, 1.54) is 49.0 Å². The van der Waals surface area contributed by atoms with E-state index in [-0.39, 0.29) is 0 Å². The maximum atomic E-state index is 6.76. The lowest BCUT2D eigenvalue weighted by Crippen LogP contribution is -1.97. The highest BCUT2D eigenvalue weighted by Crippen LogP contribution is 2.46. The number of furan rings is 1. The van der Waals surface area contributed by atoms with Crippen molar-refractivity contribution in [3.63, 3.8) is 0 Å². The van der Waals surface area contributed by atoms with Crippen molar-refractivity contribution in [1.29, 1.82) is 0 Å². The molecule has 12 aromatic rings. The van der Waals surface area contributed by atoms with Gasteiger partial charge in [-0.15, -0.1) is 0 Å². The highest BCUT2D eigenvalue weighted by molar-refractivity contribution is 6.26. The van der Waals surface area contributed by atoms with Crippen LogP contribution in [0.2, 0.25) is 0 Å². The second-order valence-corrected chi connectivity index (χ2v) is 16.2. The molecule has 2 heteroatoms. The second-order valence-electron chi connectivity index (χ2n) is 16.2. The van der Waals surface area contributed by atoms with Gasteiger partial charge >= 0.3 is 0 Å². The van der Waals surface area contributed by atoms with Gasteiger partial charge in [-0.25, -0.2) is 4.98 Å². The van der Waals surface area contributed by atoms with Crippen LogP contribution in [0.25, 0.3) is 121 Å². The van der Waals surface area contributed by atoms with Crippen molar-refractivity contribution >= 4 is 54.3 Å². The molecule has 0 aliphatic rings. The summed E-state index contributed by atoms with van der Waals surface area (Å²) in [7, 11) is 0. The van der Waals surface area contributed by atoms with Crippen LogP contribution in [-0.2, 0) is 0 Å². The maximum Gasteiger partial charge on any atom is 0.136 e. The molecule has 0 aliphatic carbocycles. The normalized spacial score (nSPS) is 11.6. The van der Waals surface area contributed by atoms with E-state index < -0.39 is 0 Å². The first-order valence-corrected chi connectivity index (χ1v) is 21.3. The summed E-state index contributed by atoms with van der Waals surface area (Å²) in [4.78, 5) is 5.45. The first kappa shape index (κ1) is 35.8. The molecule has 0 saturated carbocycles. The average Bonchev–Trinajstić information content (AvgIpc) is 3.73. The molecule has 0 spiro atoms. The van der Waals surface area contributed by atoms with Crippen molar-refractivity contribution in [2.24, 2.45) is 0 Å². The third-order valence-electron chi connectivity index (χ3n) is 12.7. The Kier molecular flexibility index (Phi) is 8.43. The molecule has 0 aliphatic heterocycles. The summed E-state index contributed by atoms with van der Waals surface area (Å²) in [5, 5.41) is 9.81. The molecular weight excluding hydrogens is 751 g/mol. The fraction of sp³-hybridized carbons (Fsp3) is 0.0167. The van der Waals surface area contributed by atoms with Crippen LogP contribution in [0.3, 0.4) is 0 Å². The standard InChI is InChI=1S/C60H39NO/c1-38-53(39-18-4-2-5-19-39)37-56(40-20-6-3-7-21-40)61-60(38)42-35-55(59-52-30-16-17-31-57(52)62-58(59)36-42)50-29-15-13-24-45(50)44-23-9-8-22-43(44)41-32-33-51-48-27-11-10-25-46(48)47-26-12-14-28-49(47)54(51)34-41/h2-37H,1H3. The Balaban J connectivity index is 1.10. The quantitative estimate of drug-likeness (QED) is 0.157. The molecule has 12 rings (SSSR count). The average molecular weight is 790 g/mol. The van der Waals surface area contributed by atoms with Crippen LogP contribution in [0.4, 0.5) is 0 Å². The molecule has 0 atom stereocenters. The Morgan fingerprint density at radius 2 is 0.806 bits per heavy atom. The van der Waals surface area contributed by atoms with E-state index in [0.717, 1.165) is 77.8 Å². The van der Waals surface area contributed by atoms with Crippen molar-refractivity contribution in [1.82, 2.24) is 4.98 Å². The molecule has 0 N–H and O–H groups in total. The number of hydrogen-bond donors (Lipinski definition) is 0. The number of pyridine rings is 1. The van der Waals surface area contributed by atoms with E-state index in [1.807, 2.05) is 6.07 Å². The minimum absolute atomic E-state index is 0.836. The smallest absolute Gasteiger partial charge is 0.136 e. The van der Waals surface area contributed by atoms with Gasteiger partial charge in [-0.1, -0.05) is 188 Å². The predicted octanol–water partition coefficient (Wildman–Crippen LogP) is 16.8. The number of para-hydroxylation sites is 1. The van der Waals surface area contributed by atoms with Crippen molar-refractivity contribution in [2.75, 3.05) is 0 Å². The fourth-order valence-corrected chi connectivity index (χ4v) is 9.77. The third kappa shape index (κ3) is 5.84. The topological polar surface area (TPSA) is 26.0 Å². The van der Waals surface area contributed by atoms with Crippen LogP contribution in [0.5, 0.6) is 0 Å². The van der Waals surface area contributed by atoms with Gasteiger partial charge in [0.25, 0.3) is 0 Å². The summed E-state index contributed by atoms with van der Waals surface area (Å²) in [5.74, 6) is 0. The first-order chi connectivity index (χ1) is 30.7. The minimum Gasteiger partial charge on any atom is -0.456 e. The zero-order valence-electron chi connectivity index (χ0n) is 34.1. The van der Waals surface area contributed by atoms with Crippen molar-refractivity contribution < 1.29 is 4.42 Å². The summed E-state index contributed by atoms with van der Waals surface area (Å²) in [5.41, 5.74) is 16.0. The Labute approximate surface area is 360 Å². The third-order valence-corrected chi connectivity index (χ3v) is 12.7. The fourth-order valence-electron chi connectivity index (χ4n) is 9.77. The van der Waals surface area contributed by atoms with Gasteiger partial charge in [-0.3, -0.25) is 0 Å². The van der Waals surface area contributed by atoms with Crippen LogP contribution in [-0.4, -0.2) is 4.98 Å².